The van der Waals surface area contributed by atoms with Crippen molar-refractivity contribution in [3.63, 3.8) is 0 Å². The summed E-state index contributed by atoms with van der Waals surface area (Å²) >= 11 is 0. The maximum absolute atomic E-state index is 12.9. The third-order valence-corrected chi connectivity index (χ3v) is 11.9. The molecule has 0 amide bonds. The van der Waals surface area contributed by atoms with E-state index in [4.69, 9.17) is 14.2 Å². The molecule has 71 heavy (non-hydrogen) atoms. The SMILES string of the molecule is CC/C=C\C/C=C\C/C=C\C/C=C\C/C=C\CCCCCC(=O)OCC(COC(=O)CCCCC/C=C\C/C=C\C/C=C\C/C=C\CC)OC(=O)CCCCCCC/C=C\CCCCCCCCCCC. The van der Waals surface area contributed by atoms with Gasteiger partial charge in [-0.15, -0.1) is 0 Å². The lowest BCUT2D eigenvalue weighted by Gasteiger charge is -2.18. The lowest BCUT2D eigenvalue weighted by atomic mass is 10.1. The molecule has 402 valence electrons. The predicted octanol–water partition coefficient (Wildman–Crippen LogP) is 19.6. The molecule has 0 N–H and O–H groups in total. The molecule has 0 radical (unpaired) electrons. The molecular weight excluding hydrogens is 877 g/mol. The molecule has 0 aliphatic carbocycles. The molecule has 0 aromatic rings. The van der Waals surface area contributed by atoms with Gasteiger partial charge in [-0.25, -0.2) is 0 Å². The van der Waals surface area contributed by atoms with Crippen LogP contribution in [0.4, 0.5) is 0 Å². The van der Waals surface area contributed by atoms with Crippen molar-refractivity contribution < 1.29 is 28.6 Å². The standard InChI is InChI=1S/C65H106O6/c1-4-7-10-13-16-19-22-25-28-31-33-35-37-40-43-46-49-52-55-58-64(67)70-61-62(60-69-63(66)57-54-51-48-45-42-39-36-30-27-24-21-18-15-12-9-6-3)71-65(68)59-56-53-50-47-44-41-38-34-32-29-26-23-20-17-14-11-8-5-2/h7,9-10,12,16,18-19,21,25,27-28,30,33-35,38-40,42-43,62H,4-6,8,11,13-15,17,20,22-24,26,29,31-32,36-37,41,44-61H2,1-3H3/b10-7-,12-9-,19-16-,21-18-,28-25-,30-27-,35-33-,38-34-,42-39-,43-40-. The van der Waals surface area contributed by atoms with Crippen LogP contribution in [0.5, 0.6) is 0 Å². The number of ether oxygens (including phenoxy) is 3. The molecule has 0 rings (SSSR count). The first-order valence-electron chi connectivity index (χ1n) is 29.0. The lowest BCUT2D eigenvalue weighted by Crippen LogP contribution is -2.30. The Morgan fingerprint density at radius 3 is 0.887 bits per heavy atom. The van der Waals surface area contributed by atoms with Crippen molar-refractivity contribution >= 4 is 17.9 Å². The van der Waals surface area contributed by atoms with Gasteiger partial charge in [0.25, 0.3) is 0 Å². The summed E-state index contributed by atoms with van der Waals surface area (Å²) in [4.78, 5) is 38.2. The molecule has 0 aliphatic heterocycles. The van der Waals surface area contributed by atoms with Crippen molar-refractivity contribution in [3.05, 3.63) is 122 Å². The van der Waals surface area contributed by atoms with E-state index in [-0.39, 0.29) is 31.1 Å². The van der Waals surface area contributed by atoms with E-state index in [1.54, 1.807) is 0 Å². The van der Waals surface area contributed by atoms with Crippen LogP contribution in [0.2, 0.25) is 0 Å². The van der Waals surface area contributed by atoms with Crippen molar-refractivity contribution in [1.82, 2.24) is 0 Å². The number of hydrogen-bond donors (Lipinski definition) is 0. The third-order valence-electron chi connectivity index (χ3n) is 11.9. The third kappa shape index (κ3) is 56.6. The average Bonchev–Trinajstić information content (AvgIpc) is 3.37. The van der Waals surface area contributed by atoms with Crippen molar-refractivity contribution in [1.29, 1.82) is 0 Å². The Kier molecular flexibility index (Phi) is 54.9. The monoisotopic (exact) mass is 983 g/mol. The first-order chi connectivity index (χ1) is 35.0. The maximum Gasteiger partial charge on any atom is 0.306 e. The Balaban J connectivity index is 4.52. The van der Waals surface area contributed by atoms with Gasteiger partial charge in [0.1, 0.15) is 13.2 Å². The predicted molar refractivity (Wildman–Crippen MR) is 306 cm³/mol. The molecular formula is C65H106O6. The minimum Gasteiger partial charge on any atom is -0.462 e. The fourth-order valence-corrected chi connectivity index (χ4v) is 7.63. The summed E-state index contributed by atoms with van der Waals surface area (Å²) in [6.07, 6.45) is 80.5. The van der Waals surface area contributed by atoms with Crippen LogP contribution in [0.15, 0.2) is 122 Å². The van der Waals surface area contributed by atoms with Gasteiger partial charge in [-0.2, -0.15) is 0 Å². The highest BCUT2D eigenvalue weighted by Crippen LogP contribution is 2.14. The highest BCUT2D eigenvalue weighted by Gasteiger charge is 2.19. The van der Waals surface area contributed by atoms with Crippen LogP contribution < -0.4 is 0 Å². The van der Waals surface area contributed by atoms with Gasteiger partial charge >= 0.3 is 17.9 Å². The Morgan fingerprint density at radius 2 is 0.549 bits per heavy atom. The Hall–Kier alpha value is -4.19. The molecule has 6 heteroatoms. The highest BCUT2D eigenvalue weighted by molar-refractivity contribution is 5.71. The quantitative estimate of drug-likeness (QED) is 0.0261. The number of rotatable bonds is 51. The normalized spacial score (nSPS) is 13.0. The topological polar surface area (TPSA) is 78.9 Å². The number of carbonyl (C=O) groups excluding carboxylic acids is 3. The second-order valence-corrected chi connectivity index (χ2v) is 18.8. The molecule has 0 aromatic carbocycles. The van der Waals surface area contributed by atoms with Crippen LogP contribution in [-0.2, 0) is 28.6 Å². The Morgan fingerprint density at radius 1 is 0.296 bits per heavy atom. The van der Waals surface area contributed by atoms with Gasteiger partial charge < -0.3 is 14.2 Å². The van der Waals surface area contributed by atoms with Gasteiger partial charge in [0.2, 0.25) is 0 Å². The first kappa shape index (κ1) is 66.8. The minimum absolute atomic E-state index is 0.111. The van der Waals surface area contributed by atoms with E-state index in [2.05, 4.69) is 142 Å². The zero-order valence-electron chi connectivity index (χ0n) is 45.9. The van der Waals surface area contributed by atoms with E-state index in [1.165, 1.54) is 70.6 Å². The zero-order chi connectivity index (χ0) is 51.4. The van der Waals surface area contributed by atoms with Gasteiger partial charge in [-0.05, 0) is 128 Å². The summed E-state index contributed by atoms with van der Waals surface area (Å²) in [6.45, 7) is 6.35. The Labute approximate surface area is 437 Å². The van der Waals surface area contributed by atoms with Crippen LogP contribution in [0, 0.1) is 0 Å². The summed E-state index contributed by atoms with van der Waals surface area (Å²) in [5, 5.41) is 0. The lowest BCUT2D eigenvalue weighted by molar-refractivity contribution is -0.167. The molecule has 0 saturated carbocycles. The van der Waals surface area contributed by atoms with Gasteiger partial charge in [-0.1, -0.05) is 226 Å². The maximum atomic E-state index is 12.9. The summed E-state index contributed by atoms with van der Waals surface area (Å²) in [7, 11) is 0. The Bertz CT molecular complexity index is 1500. The largest absolute Gasteiger partial charge is 0.462 e. The molecule has 0 spiro atoms. The zero-order valence-corrected chi connectivity index (χ0v) is 45.9. The minimum atomic E-state index is -0.814. The number of esters is 3. The molecule has 0 heterocycles. The number of carbonyl (C=O) groups is 3. The first-order valence-corrected chi connectivity index (χ1v) is 29.0. The van der Waals surface area contributed by atoms with Crippen LogP contribution in [0.25, 0.3) is 0 Å². The van der Waals surface area contributed by atoms with Crippen LogP contribution in [0.3, 0.4) is 0 Å². The van der Waals surface area contributed by atoms with E-state index in [1.807, 2.05) is 0 Å². The fourth-order valence-electron chi connectivity index (χ4n) is 7.63. The van der Waals surface area contributed by atoms with E-state index >= 15 is 0 Å². The molecule has 0 aliphatic rings. The molecule has 0 fully saturated rings. The van der Waals surface area contributed by atoms with E-state index in [9.17, 15) is 14.4 Å². The van der Waals surface area contributed by atoms with Gasteiger partial charge in [-0.3, -0.25) is 14.4 Å². The molecule has 0 bridgehead atoms. The molecule has 0 saturated heterocycles. The number of unbranched alkanes of at least 4 members (excludes halogenated alkanes) is 20. The molecule has 1 atom stereocenters. The average molecular weight is 984 g/mol. The van der Waals surface area contributed by atoms with E-state index in [0.29, 0.717) is 19.3 Å². The number of hydrogen-bond acceptors (Lipinski definition) is 6. The second-order valence-electron chi connectivity index (χ2n) is 18.8. The van der Waals surface area contributed by atoms with Crippen molar-refractivity contribution in [2.45, 2.75) is 258 Å². The van der Waals surface area contributed by atoms with Gasteiger partial charge in [0.15, 0.2) is 6.10 Å². The van der Waals surface area contributed by atoms with Gasteiger partial charge in [0, 0.05) is 19.3 Å². The van der Waals surface area contributed by atoms with Crippen LogP contribution in [0.1, 0.15) is 252 Å². The molecule has 1 unspecified atom stereocenters. The molecule has 0 aromatic heterocycles. The summed E-state index contributed by atoms with van der Waals surface area (Å²) in [5.74, 6) is -0.981. The van der Waals surface area contributed by atoms with Crippen LogP contribution >= 0.6 is 0 Å². The van der Waals surface area contributed by atoms with Crippen molar-refractivity contribution in [2.75, 3.05) is 13.2 Å². The second kappa shape index (κ2) is 58.4. The van der Waals surface area contributed by atoms with Crippen molar-refractivity contribution in [3.8, 4) is 0 Å². The van der Waals surface area contributed by atoms with E-state index in [0.717, 1.165) is 141 Å². The highest BCUT2D eigenvalue weighted by atomic mass is 16.6. The van der Waals surface area contributed by atoms with E-state index < -0.39 is 6.10 Å². The summed E-state index contributed by atoms with van der Waals surface area (Å²) < 4.78 is 16.8. The fraction of sp³-hybridized carbons (Fsp3) is 0.646. The summed E-state index contributed by atoms with van der Waals surface area (Å²) in [6, 6.07) is 0. The molecule has 6 nitrogen and oxygen atoms in total. The van der Waals surface area contributed by atoms with Crippen molar-refractivity contribution in [2.24, 2.45) is 0 Å². The van der Waals surface area contributed by atoms with Crippen LogP contribution in [-0.4, -0.2) is 37.2 Å². The van der Waals surface area contributed by atoms with Gasteiger partial charge in [0.05, 0.1) is 0 Å². The number of allylic oxidation sites excluding steroid dienone is 20. The smallest absolute Gasteiger partial charge is 0.306 e. The summed E-state index contributed by atoms with van der Waals surface area (Å²) in [5.41, 5.74) is 0.